The van der Waals surface area contributed by atoms with Gasteiger partial charge >= 0.3 is 0 Å². The molecule has 2 saturated heterocycles. The third-order valence-corrected chi connectivity index (χ3v) is 7.24. The van der Waals surface area contributed by atoms with Crippen molar-refractivity contribution < 1.29 is 9.84 Å². The highest BCUT2D eigenvalue weighted by Gasteiger charge is 2.38. The molecule has 2 heterocycles. The molecule has 0 aromatic rings. The Bertz CT molecular complexity index is 456. The van der Waals surface area contributed by atoms with Gasteiger partial charge < -0.3 is 20.5 Å². The van der Waals surface area contributed by atoms with Crippen LogP contribution in [0.25, 0.3) is 0 Å². The quantitative estimate of drug-likeness (QED) is 0.476. The molecule has 6 nitrogen and oxygen atoms in total. The Labute approximate surface area is 162 Å². The van der Waals surface area contributed by atoms with Gasteiger partial charge in [0.1, 0.15) is 0 Å². The lowest BCUT2D eigenvalue weighted by Crippen LogP contribution is -2.57. The summed E-state index contributed by atoms with van der Waals surface area (Å²) in [4.78, 5) is 7.60. The molecule has 3 rings (SSSR count). The van der Waals surface area contributed by atoms with Crippen LogP contribution in [0.2, 0.25) is 0 Å². The second-order valence-electron chi connectivity index (χ2n) is 7.96. The second kappa shape index (κ2) is 9.62. The van der Waals surface area contributed by atoms with Gasteiger partial charge in [-0.1, -0.05) is 19.3 Å². The first kappa shape index (κ1) is 20.2. The summed E-state index contributed by atoms with van der Waals surface area (Å²) < 4.78 is 5.57. The zero-order valence-corrected chi connectivity index (χ0v) is 17.1. The van der Waals surface area contributed by atoms with Crippen LogP contribution in [-0.4, -0.2) is 84.5 Å². The predicted octanol–water partition coefficient (Wildman–Crippen LogP) is 1.44. The number of morpholine rings is 1. The predicted molar refractivity (Wildman–Crippen MR) is 109 cm³/mol. The monoisotopic (exact) mass is 384 g/mol. The molecule has 150 valence electrons. The summed E-state index contributed by atoms with van der Waals surface area (Å²) in [6.45, 7) is 8.07. The van der Waals surface area contributed by atoms with E-state index in [-0.39, 0.29) is 5.54 Å². The van der Waals surface area contributed by atoms with E-state index in [1.54, 1.807) is 0 Å². The zero-order chi connectivity index (χ0) is 18.3. The Morgan fingerprint density at radius 3 is 2.58 bits per heavy atom. The molecular weight excluding hydrogens is 348 g/mol. The first-order chi connectivity index (χ1) is 12.7. The number of nitrogens with one attached hydrogen (secondary N) is 2. The van der Waals surface area contributed by atoms with Crippen LogP contribution in [0.3, 0.4) is 0 Å². The minimum absolute atomic E-state index is 0.185. The molecule has 0 bridgehead atoms. The normalized spacial score (nSPS) is 30.3. The summed E-state index contributed by atoms with van der Waals surface area (Å²) in [6, 6.07) is 0. The van der Waals surface area contributed by atoms with Gasteiger partial charge in [-0.25, -0.2) is 0 Å². The Morgan fingerprint density at radius 1 is 1.15 bits per heavy atom. The molecule has 0 radical (unpaired) electrons. The Hall–Kier alpha value is -0.500. The van der Waals surface area contributed by atoms with Crippen molar-refractivity contribution in [3.63, 3.8) is 0 Å². The van der Waals surface area contributed by atoms with Crippen molar-refractivity contribution in [2.75, 3.05) is 57.4 Å². The summed E-state index contributed by atoms with van der Waals surface area (Å²) >= 11 is 1.83. The third-order valence-electron chi connectivity index (χ3n) is 6.01. The lowest BCUT2D eigenvalue weighted by molar-refractivity contribution is -0.0333. The van der Waals surface area contributed by atoms with E-state index in [4.69, 9.17) is 9.73 Å². The van der Waals surface area contributed by atoms with Gasteiger partial charge in [-0.3, -0.25) is 9.89 Å². The van der Waals surface area contributed by atoms with Gasteiger partial charge in [0, 0.05) is 37.5 Å². The molecule has 1 aliphatic carbocycles. The molecule has 0 aromatic heterocycles. The minimum atomic E-state index is -0.590. The van der Waals surface area contributed by atoms with Crippen molar-refractivity contribution in [2.45, 2.75) is 56.6 Å². The summed E-state index contributed by atoms with van der Waals surface area (Å²) in [5, 5.41) is 17.3. The van der Waals surface area contributed by atoms with Crippen molar-refractivity contribution >= 4 is 17.7 Å². The number of thioether (sulfide) groups is 1. The molecule has 26 heavy (non-hydrogen) atoms. The molecule has 1 unspecified atom stereocenters. The Kier molecular flexibility index (Phi) is 7.49. The average Bonchev–Trinajstić information content (AvgIpc) is 3.12. The number of hydrogen-bond acceptors (Lipinski definition) is 5. The van der Waals surface area contributed by atoms with Crippen LogP contribution in [0.4, 0.5) is 0 Å². The van der Waals surface area contributed by atoms with E-state index in [9.17, 15) is 5.11 Å². The first-order valence-corrected chi connectivity index (χ1v) is 11.5. The SMILES string of the molecule is CCNC(=NCC1(N2CCOCC2)CCCCC1)NCC1(O)CCSC1. The fraction of sp³-hybridized carbons (Fsp3) is 0.947. The summed E-state index contributed by atoms with van der Waals surface area (Å²) in [7, 11) is 0. The molecule has 7 heteroatoms. The van der Waals surface area contributed by atoms with E-state index in [0.29, 0.717) is 6.54 Å². The number of rotatable bonds is 6. The largest absolute Gasteiger partial charge is 0.387 e. The number of ether oxygens (including phenoxy) is 1. The summed E-state index contributed by atoms with van der Waals surface area (Å²) in [5.74, 6) is 2.71. The van der Waals surface area contributed by atoms with Gasteiger partial charge in [0.25, 0.3) is 0 Å². The lowest BCUT2D eigenvalue weighted by atomic mass is 9.80. The highest BCUT2D eigenvalue weighted by molar-refractivity contribution is 7.99. The zero-order valence-electron chi connectivity index (χ0n) is 16.3. The average molecular weight is 385 g/mol. The Morgan fingerprint density at radius 2 is 1.92 bits per heavy atom. The van der Waals surface area contributed by atoms with Crippen LogP contribution in [0.1, 0.15) is 45.4 Å². The van der Waals surface area contributed by atoms with Gasteiger partial charge in [-0.05, 0) is 31.9 Å². The maximum atomic E-state index is 10.6. The van der Waals surface area contributed by atoms with E-state index in [2.05, 4.69) is 22.5 Å². The van der Waals surface area contributed by atoms with Gasteiger partial charge in [-0.15, -0.1) is 0 Å². The highest BCUT2D eigenvalue weighted by atomic mass is 32.2. The van der Waals surface area contributed by atoms with Gasteiger partial charge in [0.2, 0.25) is 0 Å². The molecule has 0 aromatic carbocycles. The third kappa shape index (κ3) is 5.27. The maximum Gasteiger partial charge on any atom is 0.191 e. The van der Waals surface area contributed by atoms with Crippen LogP contribution in [0, 0.1) is 0 Å². The van der Waals surface area contributed by atoms with Crippen LogP contribution in [0.15, 0.2) is 4.99 Å². The topological polar surface area (TPSA) is 69.1 Å². The van der Waals surface area contributed by atoms with Gasteiger partial charge in [-0.2, -0.15) is 11.8 Å². The van der Waals surface area contributed by atoms with Crippen molar-refractivity contribution in [1.82, 2.24) is 15.5 Å². The van der Waals surface area contributed by atoms with Crippen molar-refractivity contribution in [3.05, 3.63) is 0 Å². The van der Waals surface area contributed by atoms with Crippen LogP contribution >= 0.6 is 11.8 Å². The summed E-state index contributed by atoms with van der Waals surface area (Å²) in [6.07, 6.45) is 7.27. The Balaban J connectivity index is 1.64. The van der Waals surface area contributed by atoms with Crippen molar-refractivity contribution in [3.8, 4) is 0 Å². The molecule has 0 amide bonds. The number of aliphatic imine (C=N–C) groups is 1. The molecule has 3 fully saturated rings. The van der Waals surface area contributed by atoms with E-state index >= 15 is 0 Å². The van der Waals surface area contributed by atoms with Crippen LogP contribution < -0.4 is 10.6 Å². The van der Waals surface area contributed by atoms with Crippen molar-refractivity contribution in [1.29, 1.82) is 0 Å². The van der Waals surface area contributed by atoms with Crippen LogP contribution in [-0.2, 0) is 4.74 Å². The standard InChI is InChI=1S/C19H36N4O2S/c1-2-20-17(22-15-19(24)8-13-26-16-19)21-14-18(6-4-3-5-7-18)23-9-11-25-12-10-23/h24H,2-16H2,1H3,(H2,20,21,22). The van der Waals surface area contributed by atoms with E-state index < -0.39 is 5.60 Å². The number of guanidine groups is 1. The first-order valence-electron chi connectivity index (χ1n) is 10.3. The van der Waals surface area contributed by atoms with E-state index in [1.807, 2.05) is 11.8 Å². The molecule has 2 aliphatic heterocycles. The van der Waals surface area contributed by atoms with Gasteiger partial charge in [0.15, 0.2) is 5.96 Å². The second-order valence-corrected chi connectivity index (χ2v) is 9.07. The fourth-order valence-electron chi connectivity index (χ4n) is 4.37. The van der Waals surface area contributed by atoms with Gasteiger partial charge in [0.05, 0.1) is 25.4 Å². The van der Waals surface area contributed by atoms with E-state index in [0.717, 1.165) is 63.3 Å². The molecule has 1 saturated carbocycles. The molecule has 0 spiro atoms. The fourth-order valence-corrected chi connectivity index (χ4v) is 5.67. The number of nitrogens with zero attached hydrogens (tertiary/aromatic N) is 2. The van der Waals surface area contributed by atoms with Crippen molar-refractivity contribution in [2.24, 2.45) is 4.99 Å². The highest BCUT2D eigenvalue weighted by Crippen LogP contribution is 2.34. The molecule has 3 N–H and O–H groups in total. The summed E-state index contributed by atoms with van der Waals surface area (Å²) in [5.41, 5.74) is -0.405. The minimum Gasteiger partial charge on any atom is -0.387 e. The number of aliphatic hydroxyl groups is 1. The number of hydrogen-bond donors (Lipinski definition) is 3. The maximum absolute atomic E-state index is 10.6. The lowest BCUT2D eigenvalue weighted by Gasteiger charge is -2.47. The molecular formula is C19H36N4O2S. The smallest absolute Gasteiger partial charge is 0.191 e. The van der Waals surface area contributed by atoms with E-state index in [1.165, 1.54) is 32.1 Å². The molecule has 3 aliphatic rings. The molecule has 1 atom stereocenters. The van der Waals surface area contributed by atoms with Crippen LogP contribution in [0.5, 0.6) is 0 Å².